The Morgan fingerprint density at radius 2 is 2.12 bits per heavy atom. The van der Waals surface area contributed by atoms with E-state index in [-0.39, 0.29) is 5.54 Å². The lowest BCUT2D eigenvalue weighted by Crippen LogP contribution is -2.49. The maximum absolute atomic E-state index is 5.45. The standard InChI is InChI=1S/C15H23NO/c1-3-15(10-6-7-11-16-15)12-13-8-4-5-9-14(13)17-2/h4-5,8-9,16H,3,6-7,10-12H2,1-2H3. The smallest absolute Gasteiger partial charge is 0.122 e. The van der Waals surface area contributed by atoms with Crippen LogP contribution in [0, 0.1) is 0 Å². The molecule has 2 nitrogen and oxygen atoms in total. The van der Waals surface area contributed by atoms with Crippen molar-refractivity contribution in [3.8, 4) is 5.75 Å². The highest BCUT2D eigenvalue weighted by atomic mass is 16.5. The van der Waals surface area contributed by atoms with E-state index in [1.807, 2.05) is 6.07 Å². The van der Waals surface area contributed by atoms with Crippen LogP contribution in [-0.2, 0) is 6.42 Å². The zero-order valence-corrected chi connectivity index (χ0v) is 11.0. The monoisotopic (exact) mass is 233 g/mol. The molecule has 2 rings (SSSR count). The third-order valence-corrected chi connectivity index (χ3v) is 3.98. The lowest BCUT2D eigenvalue weighted by atomic mass is 9.81. The van der Waals surface area contributed by atoms with E-state index in [2.05, 4.69) is 30.4 Å². The Kier molecular flexibility index (Phi) is 4.06. The summed E-state index contributed by atoms with van der Waals surface area (Å²) in [6, 6.07) is 8.38. The average molecular weight is 233 g/mol. The summed E-state index contributed by atoms with van der Waals surface area (Å²) in [6.07, 6.45) is 6.20. The normalized spacial score (nSPS) is 24.6. The maximum atomic E-state index is 5.45. The Bertz CT molecular complexity index is 356. The SMILES string of the molecule is CCC1(Cc2ccccc2OC)CCCCN1. The van der Waals surface area contributed by atoms with Gasteiger partial charge in [0.1, 0.15) is 5.75 Å². The van der Waals surface area contributed by atoms with Gasteiger partial charge in [-0.25, -0.2) is 0 Å². The van der Waals surface area contributed by atoms with Crippen molar-refractivity contribution >= 4 is 0 Å². The van der Waals surface area contributed by atoms with Crippen molar-refractivity contribution in [3.63, 3.8) is 0 Å². The summed E-state index contributed by atoms with van der Waals surface area (Å²) in [4.78, 5) is 0. The molecule has 2 heteroatoms. The minimum absolute atomic E-state index is 0.285. The highest BCUT2D eigenvalue weighted by Crippen LogP contribution is 2.30. The fourth-order valence-electron chi connectivity index (χ4n) is 2.82. The van der Waals surface area contributed by atoms with Gasteiger partial charge in [-0.2, -0.15) is 0 Å². The summed E-state index contributed by atoms with van der Waals surface area (Å²) < 4.78 is 5.45. The molecule has 1 fully saturated rings. The fraction of sp³-hybridized carbons (Fsp3) is 0.600. The molecule has 0 radical (unpaired) electrons. The number of hydrogen-bond donors (Lipinski definition) is 1. The number of para-hydroxylation sites is 1. The van der Waals surface area contributed by atoms with Gasteiger partial charge in [0, 0.05) is 5.54 Å². The van der Waals surface area contributed by atoms with Crippen LogP contribution >= 0.6 is 0 Å². The Morgan fingerprint density at radius 3 is 2.76 bits per heavy atom. The summed E-state index contributed by atoms with van der Waals surface area (Å²) in [6.45, 7) is 3.44. The topological polar surface area (TPSA) is 21.3 Å². The first kappa shape index (κ1) is 12.4. The second kappa shape index (κ2) is 5.54. The maximum Gasteiger partial charge on any atom is 0.122 e. The van der Waals surface area contributed by atoms with Crippen molar-refractivity contribution in [1.29, 1.82) is 0 Å². The van der Waals surface area contributed by atoms with Gasteiger partial charge in [0.2, 0.25) is 0 Å². The summed E-state index contributed by atoms with van der Waals surface area (Å²) in [7, 11) is 1.76. The predicted octanol–water partition coefficient (Wildman–Crippen LogP) is 3.16. The van der Waals surface area contributed by atoms with Gasteiger partial charge >= 0.3 is 0 Å². The molecule has 1 aromatic rings. The van der Waals surface area contributed by atoms with Gasteiger partial charge in [0.15, 0.2) is 0 Å². The molecule has 1 aromatic carbocycles. The predicted molar refractivity (Wildman–Crippen MR) is 71.6 cm³/mol. The average Bonchev–Trinajstić information content (AvgIpc) is 2.40. The van der Waals surface area contributed by atoms with Gasteiger partial charge in [0.05, 0.1) is 7.11 Å². The molecule has 1 unspecified atom stereocenters. The molecule has 0 aromatic heterocycles. The Morgan fingerprint density at radius 1 is 1.29 bits per heavy atom. The van der Waals surface area contributed by atoms with Gasteiger partial charge in [-0.3, -0.25) is 0 Å². The Hall–Kier alpha value is -1.02. The van der Waals surface area contributed by atoms with Crippen molar-refractivity contribution in [3.05, 3.63) is 29.8 Å². The molecule has 0 bridgehead atoms. The largest absolute Gasteiger partial charge is 0.496 e. The van der Waals surface area contributed by atoms with Crippen molar-refractivity contribution in [2.24, 2.45) is 0 Å². The summed E-state index contributed by atoms with van der Waals surface area (Å²) in [5.41, 5.74) is 1.61. The third kappa shape index (κ3) is 2.81. The lowest BCUT2D eigenvalue weighted by molar-refractivity contribution is 0.240. The summed E-state index contributed by atoms with van der Waals surface area (Å²) >= 11 is 0. The Labute approximate surface area is 104 Å². The molecule has 1 aliphatic heterocycles. The first-order valence-electron chi connectivity index (χ1n) is 6.66. The minimum Gasteiger partial charge on any atom is -0.496 e. The van der Waals surface area contributed by atoms with Crippen molar-refractivity contribution in [2.45, 2.75) is 44.6 Å². The molecule has 1 N–H and O–H groups in total. The summed E-state index contributed by atoms with van der Waals surface area (Å²) in [5.74, 6) is 1.02. The van der Waals surface area contributed by atoms with E-state index < -0.39 is 0 Å². The van der Waals surface area contributed by atoms with Crippen molar-refractivity contribution < 1.29 is 4.74 Å². The van der Waals surface area contributed by atoms with E-state index in [4.69, 9.17) is 4.74 Å². The van der Waals surface area contributed by atoms with E-state index in [0.29, 0.717) is 0 Å². The highest BCUT2D eigenvalue weighted by Gasteiger charge is 2.30. The van der Waals surface area contributed by atoms with Crippen LogP contribution in [0.4, 0.5) is 0 Å². The summed E-state index contributed by atoms with van der Waals surface area (Å²) in [5, 5.41) is 3.73. The molecular formula is C15H23NO. The number of piperidine rings is 1. The number of nitrogens with one attached hydrogen (secondary N) is 1. The second-order valence-corrected chi connectivity index (χ2v) is 5.01. The molecule has 0 amide bonds. The molecule has 0 spiro atoms. The fourth-order valence-corrected chi connectivity index (χ4v) is 2.82. The highest BCUT2D eigenvalue weighted by molar-refractivity contribution is 5.34. The molecule has 1 atom stereocenters. The van der Waals surface area contributed by atoms with Crippen LogP contribution in [0.5, 0.6) is 5.75 Å². The molecule has 1 aliphatic rings. The van der Waals surface area contributed by atoms with Crippen LogP contribution in [0.1, 0.15) is 38.2 Å². The molecule has 94 valence electrons. The Balaban J connectivity index is 2.17. The zero-order valence-electron chi connectivity index (χ0n) is 11.0. The van der Waals surface area contributed by atoms with Crippen LogP contribution in [0.3, 0.4) is 0 Å². The number of ether oxygens (including phenoxy) is 1. The zero-order chi connectivity index (χ0) is 12.1. The van der Waals surface area contributed by atoms with Gasteiger partial charge in [-0.15, -0.1) is 0 Å². The van der Waals surface area contributed by atoms with Gasteiger partial charge < -0.3 is 10.1 Å². The second-order valence-electron chi connectivity index (χ2n) is 5.01. The first-order chi connectivity index (χ1) is 8.29. The quantitative estimate of drug-likeness (QED) is 0.862. The van der Waals surface area contributed by atoms with E-state index in [9.17, 15) is 0 Å². The van der Waals surface area contributed by atoms with Gasteiger partial charge in [-0.05, 0) is 43.9 Å². The molecule has 0 aliphatic carbocycles. The van der Waals surface area contributed by atoms with Crippen molar-refractivity contribution in [2.75, 3.05) is 13.7 Å². The number of rotatable bonds is 4. The van der Waals surface area contributed by atoms with E-state index >= 15 is 0 Å². The van der Waals surface area contributed by atoms with Crippen LogP contribution in [0.15, 0.2) is 24.3 Å². The third-order valence-electron chi connectivity index (χ3n) is 3.98. The van der Waals surface area contributed by atoms with E-state index in [0.717, 1.165) is 18.7 Å². The molecular weight excluding hydrogens is 210 g/mol. The van der Waals surface area contributed by atoms with Crippen LogP contribution < -0.4 is 10.1 Å². The van der Waals surface area contributed by atoms with Crippen LogP contribution in [-0.4, -0.2) is 19.2 Å². The molecule has 17 heavy (non-hydrogen) atoms. The number of hydrogen-bond acceptors (Lipinski definition) is 2. The van der Waals surface area contributed by atoms with Crippen molar-refractivity contribution in [1.82, 2.24) is 5.32 Å². The molecule has 0 saturated carbocycles. The molecule has 1 heterocycles. The lowest BCUT2D eigenvalue weighted by Gasteiger charge is -2.38. The first-order valence-corrected chi connectivity index (χ1v) is 6.66. The number of benzene rings is 1. The van der Waals surface area contributed by atoms with Gasteiger partial charge in [-0.1, -0.05) is 31.5 Å². The molecule has 1 saturated heterocycles. The van der Waals surface area contributed by atoms with E-state index in [1.54, 1.807) is 7.11 Å². The van der Waals surface area contributed by atoms with Crippen LogP contribution in [0.2, 0.25) is 0 Å². The number of methoxy groups -OCH3 is 1. The van der Waals surface area contributed by atoms with E-state index in [1.165, 1.54) is 31.2 Å². The van der Waals surface area contributed by atoms with Gasteiger partial charge in [0.25, 0.3) is 0 Å². The minimum atomic E-state index is 0.285. The van der Waals surface area contributed by atoms with Crippen LogP contribution in [0.25, 0.3) is 0 Å².